The van der Waals surface area contributed by atoms with Crippen LogP contribution in [0, 0.1) is 5.92 Å². The van der Waals surface area contributed by atoms with E-state index >= 15 is 0 Å². The van der Waals surface area contributed by atoms with Gasteiger partial charge in [-0.2, -0.15) is 0 Å². The maximum absolute atomic E-state index is 12.1. The molecule has 4 nitrogen and oxygen atoms in total. The Balaban J connectivity index is 1.42. The van der Waals surface area contributed by atoms with Crippen molar-refractivity contribution >= 4 is 28.6 Å². The average Bonchev–Trinajstić information content (AvgIpc) is 3.27. The molecule has 0 aliphatic carbocycles. The number of thiazole rings is 1. The lowest BCUT2D eigenvalue weighted by Crippen LogP contribution is -2.35. The summed E-state index contributed by atoms with van der Waals surface area (Å²) in [6.45, 7) is 6.46. The molecule has 3 rings (SSSR count). The van der Waals surface area contributed by atoms with E-state index in [-0.39, 0.29) is 5.91 Å². The number of amides is 1. The second kappa shape index (κ2) is 8.04. The topological polar surface area (TPSA) is 45.2 Å². The molecule has 0 radical (unpaired) electrons. The molecule has 0 bridgehead atoms. The lowest BCUT2D eigenvalue weighted by molar-refractivity contribution is -0.120. The first-order valence-electron chi connectivity index (χ1n) is 8.18. The van der Waals surface area contributed by atoms with Gasteiger partial charge in [0.05, 0.1) is 17.0 Å². The van der Waals surface area contributed by atoms with Crippen LogP contribution in [0.5, 0.6) is 0 Å². The molecular weight excluding hydrogens is 326 g/mol. The fourth-order valence-corrected chi connectivity index (χ4v) is 4.52. The number of rotatable bonds is 7. The number of aromatic nitrogens is 1. The Morgan fingerprint density at radius 2 is 2.22 bits per heavy atom. The molecule has 1 aliphatic rings. The Morgan fingerprint density at radius 3 is 2.96 bits per heavy atom. The molecule has 23 heavy (non-hydrogen) atoms. The zero-order chi connectivity index (χ0) is 16.1. The van der Waals surface area contributed by atoms with E-state index in [1.54, 1.807) is 22.7 Å². The molecule has 1 saturated heterocycles. The van der Waals surface area contributed by atoms with E-state index in [0.717, 1.165) is 23.8 Å². The highest BCUT2D eigenvalue weighted by Crippen LogP contribution is 2.27. The van der Waals surface area contributed by atoms with Crippen LogP contribution in [0.1, 0.15) is 25.5 Å². The fraction of sp³-hybridized carbons (Fsp3) is 0.529. The minimum atomic E-state index is 0.0706. The lowest BCUT2D eigenvalue weighted by atomic mass is 10.1. The van der Waals surface area contributed by atoms with Gasteiger partial charge in [-0.05, 0) is 43.3 Å². The van der Waals surface area contributed by atoms with Crippen molar-refractivity contribution in [1.29, 1.82) is 0 Å². The molecule has 0 spiro atoms. The Morgan fingerprint density at radius 1 is 1.39 bits per heavy atom. The number of carbonyl (C=O) groups is 1. The molecule has 1 fully saturated rings. The maximum atomic E-state index is 12.1. The van der Waals surface area contributed by atoms with Gasteiger partial charge in [-0.1, -0.05) is 13.0 Å². The Bertz CT molecular complexity index is 618. The van der Waals surface area contributed by atoms with Crippen molar-refractivity contribution < 1.29 is 4.79 Å². The summed E-state index contributed by atoms with van der Waals surface area (Å²) in [5.74, 6) is 0.565. The van der Waals surface area contributed by atoms with E-state index < -0.39 is 0 Å². The van der Waals surface area contributed by atoms with Gasteiger partial charge in [-0.25, -0.2) is 4.98 Å². The quantitative estimate of drug-likeness (QED) is 0.834. The van der Waals surface area contributed by atoms with Gasteiger partial charge in [0, 0.05) is 18.5 Å². The van der Waals surface area contributed by atoms with E-state index in [1.807, 2.05) is 16.8 Å². The molecule has 1 amide bonds. The molecule has 124 valence electrons. The Labute approximate surface area is 145 Å². The highest BCUT2D eigenvalue weighted by molar-refractivity contribution is 7.20. The van der Waals surface area contributed by atoms with Gasteiger partial charge in [-0.15, -0.1) is 22.7 Å². The monoisotopic (exact) mass is 349 g/mol. The van der Waals surface area contributed by atoms with E-state index in [0.29, 0.717) is 12.3 Å². The summed E-state index contributed by atoms with van der Waals surface area (Å²) in [6.07, 6.45) is 3.00. The molecular formula is C17H23N3OS2. The van der Waals surface area contributed by atoms with Crippen LogP contribution in [0.15, 0.2) is 22.9 Å². The largest absolute Gasteiger partial charge is 0.355 e. The van der Waals surface area contributed by atoms with Gasteiger partial charge in [0.2, 0.25) is 5.91 Å². The van der Waals surface area contributed by atoms with Crippen molar-refractivity contribution in [3.63, 3.8) is 0 Å². The molecule has 1 aliphatic heterocycles. The van der Waals surface area contributed by atoms with Crippen molar-refractivity contribution in [1.82, 2.24) is 15.2 Å². The minimum Gasteiger partial charge on any atom is -0.355 e. The highest BCUT2D eigenvalue weighted by Gasteiger charge is 2.15. The van der Waals surface area contributed by atoms with E-state index in [4.69, 9.17) is 0 Å². The van der Waals surface area contributed by atoms with Gasteiger partial charge in [0.25, 0.3) is 0 Å². The fourth-order valence-electron chi connectivity index (χ4n) is 2.89. The van der Waals surface area contributed by atoms with Crippen molar-refractivity contribution in [3.05, 3.63) is 28.6 Å². The molecule has 1 N–H and O–H groups in total. The van der Waals surface area contributed by atoms with E-state index in [1.165, 1.54) is 30.8 Å². The molecule has 2 aromatic rings. The predicted molar refractivity (Wildman–Crippen MR) is 97.0 cm³/mol. The van der Waals surface area contributed by atoms with Crippen molar-refractivity contribution in [3.8, 4) is 9.88 Å². The summed E-state index contributed by atoms with van der Waals surface area (Å²) >= 11 is 3.29. The van der Waals surface area contributed by atoms with E-state index in [9.17, 15) is 4.79 Å². The van der Waals surface area contributed by atoms with Crippen molar-refractivity contribution in [2.75, 3.05) is 26.2 Å². The lowest BCUT2D eigenvalue weighted by Gasteiger charge is -2.20. The first-order chi connectivity index (χ1) is 11.2. The van der Waals surface area contributed by atoms with Crippen LogP contribution in [-0.2, 0) is 11.2 Å². The summed E-state index contributed by atoms with van der Waals surface area (Å²) in [7, 11) is 0. The van der Waals surface area contributed by atoms with Gasteiger partial charge < -0.3 is 10.2 Å². The molecule has 6 heteroatoms. The summed E-state index contributed by atoms with van der Waals surface area (Å²) in [6, 6.07) is 4.09. The number of likely N-dealkylation sites (tertiary alicyclic amines) is 1. The first-order valence-corrected chi connectivity index (χ1v) is 9.94. The van der Waals surface area contributed by atoms with Gasteiger partial charge in [-0.3, -0.25) is 4.79 Å². The van der Waals surface area contributed by atoms with Crippen LogP contribution >= 0.6 is 22.7 Å². The highest BCUT2D eigenvalue weighted by atomic mass is 32.1. The third-order valence-electron chi connectivity index (χ3n) is 4.04. The minimum absolute atomic E-state index is 0.0706. The molecule has 3 heterocycles. The zero-order valence-electron chi connectivity index (χ0n) is 13.5. The first kappa shape index (κ1) is 16.6. The third kappa shape index (κ3) is 4.86. The van der Waals surface area contributed by atoms with Crippen LogP contribution in [0.4, 0.5) is 0 Å². The van der Waals surface area contributed by atoms with Crippen LogP contribution in [0.3, 0.4) is 0 Å². The van der Waals surface area contributed by atoms with Gasteiger partial charge in [0.15, 0.2) is 0 Å². The smallest absolute Gasteiger partial charge is 0.226 e. The number of nitrogens with zero attached hydrogens (tertiary/aromatic N) is 2. The second-order valence-electron chi connectivity index (χ2n) is 6.22. The second-order valence-corrected chi connectivity index (χ2v) is 8.02. The summed E-state index contributed by atoms with van der Waals surface area (Å²) in [5, 5.41) is 8.09. The standard InChI is InChI=1S/C17H23N3OS2/c1-13(11-20-6-2-3-7-20)10-18-16(21)9-14-12-23-17(19-14)15-5-4-8-22-15/h4-5,8,12-13H,2-3,6-7,9-11H2,1H3,(H,18,21)/t13-/m1/s1. The zero-order valence-corrected chi connectivity index (χ0v) is 15.1. The predicted octanol–water partition coefficient (Wildman–Crippen LogP) is 3.26. The van der Waals surface area contributed by atoms with Gasteiger partial charge >= 0.3 is 0 Å². The number of carbonyl (C=O) groups excluding carboxylic acids is 1. The number of hydrogen-bond donors (Lipinski definition) is 1. The Kier molecular flexibility index (Phi) is 5.80. The number of hydrogen-bond acceptors (Lipinski definition) is 5. The summed E-state index contributed by atoms with van der Waals surface area (Å²) in [4.78, 5) is 20.3. The average molecular weight is 350 g/mol. The van der Waals surface area contributed by atoms with Gasteiger partial charge in [0.1, 0.15) is 5.01 Å². The van der Waals surface area contributed by atoms with Crippen molar-refractivity contribution in [2.45, 2.75) is 26.2 Å². The van der Waals surface area contributed by atoms with E-state index in [2.05, 4.69) is 28.2 Å². The normalized spacial score (nSPS) is 16.6. The third-order valence-corrected chi connectivity index (χ3v) is 5.97. The summed E-state index contributed by atoms with van der Waals surface area (Å²) < 4.78 is 0. The number of nitrogens with one attached hydrogen (secondary N) is 1. The molecule has 0 aromatic carbocycles. The van der Waals surface area contributed by atoms with Crippen LogP contribution < -0.4 is 5.32 Å². The van der Waals surface area contributed by atoms with Crippen molar-refractivity contribution in [2.24, 2.45) is 5.92 Å². The number of thiophene rings is 1. The summed E-state index contributed by atoms with van der Waals surface area (Å²) in [5.41, 5.74) is 0.864. The van der Waals surface area contributed by atoms with Crippen LogP contribution in [0.25, 0.3) is 9.88 Å². The maximum Gasteiger partial charge on any atom is 0.226 e. The SMILES string of the molecule is C[C@H](CNC(=O)Cc1csc(-c2cccs2)n1)CN1CCCC1. The molecule has 1 atom stereocenters. The van der Waals surface area contributed by atoms with Crippen LogP contribution in [0.2, 0.25) is 0 Å². The molecule has 2 aromatic heterocycles. The Hall–Kier alpha value is -1.24. The van der Waals surface area contributed by atoms with Crippen LogP contribution in [-0.4, -0.2) is 42.0 Å². The molecule has 0 saturated carbocycles. The molecule has 0 unspecified atom stereocenters.